The van der Waals surface area contributed by atoms with Gasteiger partial charge in [-0.1, -0.05) is 47.8 Å². The third kappa shape index (κ3) is 7.99. The van der Waals surface area contributed by atoms with Gasteiger partial charge in [-0.3, -0.25) is 4.98 Å². The average molecular weight is 368 g/mol. The second-order valence-electron chi connectivity index (χ2n) is 7.20. The van der Waals surface area contributed by atoms with E-state index < -0.39 is 0 Å². The quantitative estimate of drug-likeness (QED) is 0.590. The van der Waals surface area contributed by atoms with Gasteiger partial charge in [0, 0.05) is 30.7 Å². The first-order chi connectivity index (χ1) is 12.8. The Morgan fingerprint density at radius 2 is 1.67 bits per heavy atom. The van der Waals surface area contributed by atoms with Crippen LogP contribution >= 0.6 is 0 Å². The highest BCUT2D eigenvalue weighted by Gasteiger charge is 2.12. The van der Waals surface area contributed by atoms with E-state index in [1.807, 2.05) is 57.3 Å². The largest absolute Gasteiger partial charge is 0.457 e. The lowest BCUT2D eigenvalue weighted by Crippen LogP contribution is -2.10. The van der Waals surface area contributed by atoms with Crippen LogP contribution in [-0.2, 0) is 0 Å². The average Bonchev–Trinajstić information content (AvgIpc) is 2.63. The summed E-state index contributed by atoms with van der Waals surface area (Å²) < 4.78 is 5.90. The minimum absolute atomic E-state index is 0.212. The van der Waals surface area contributed by atoms with Crippen molar-refractivity contribution in [3.05, 3.63) is 67.1 Å². The summed E-state index contributed by atoms with van der Waals surface area (Å²) in [4.78, 5) is 4.27. The molecular formula is C23H33N3O. The maximum Gasteiger partial charge on any atom is 0.131 e. The Balaban J connectivity index is 0.00000176. The van der Waals surface area contributed by atoms with Crippen LogP contribution in [0.4, 0.5) is 5.69 Å². The van der Waals surface area contributed by atoms with Crippen LogP contribution in [-0.4, -0.2) is 12.0 Å². The number of aromatic nitrogens is 1. The maximum absolute atomic E-state index is 5.90. The number of hydrogen-bond donors (Lipinski definition) is 2. The number of nitrogens with zero attached hydrogens (tertiary/aromatic N) is 1. The Morgan fingerprint density at radius 1 is 1.04 bits per heavy atom. The molecule has 2 N–H and O–H groups in total. The van der Waals surface area contributed by atoms with Crippen molar-refractivity contribution in [1.29, 1.82) is 0 Å². The summed E-state index contributed by atoms with van der Waals surface area (Å²) in [7, 11) is 1.82. The second kappa shape index (κ2) is 10.4. The predicted octanol–water partition coefficient (Wildman–Crippen LogP) is 6.45. The first-order valence-corrected chi connectivity index (χ1v) is 9.32. The molecule has 27 heavy (non-hydrogen) atoms. The molecule has 1 heterocycles. The van der Waals surface area contributed by atoms with Crippen LogP contribution in [0, 0.1) is 5.41 Å². The molecule has 0 unspecified atom stereocenters. The minimum atomic E-state index is 0.212. The number of pyridine rings is 1. The fraction of sp³-hybridized carbons (Fsp3) is 0.348. The van der Waals surface area contributed by atoms with E-state index in [0.717, 1.165) is 40.7 Å². The summed E-state index contributed by atoms with van der Waals surface area (Å²) in [5, 5.41) is 6.33. The summed E-state index contributed by atoms with van der Waals surface area (Å²) in [6, 6.07) is 11.5. The predicted molar refractivity (Wildman–Crippen MR) is 117 cm³/mol. The smallest absolute Gasteiger partial charge is 0.131 e. The molecule has 0 aliphatic rings. The molecule has 0 amide bonds. The molecule has 0 aliphatic heterocycles. The highest BCUT2D eigenvalue weighted by Crippen LogP contribution is 2.27. The molecule has 0 saturated heterocycles. The van der Waals surface area contributed by atoms with Crippen molar-refractivity contribution in [1.82, 2.24) is 10.3 Å². The number of allylic oxidation sites excluding steroid dienone is 1. The monoisotopic (exact) mass is 367 g/mol. The Bertz CT molecular complexity index is 743. The molecule has 146 valence electrons. The zero-order valence-corrected chi connectivity index (χ0v) is 17.5. The van der Waals surface area contributed by atoms with E-state index in [9.17, 15) is 0 Å². The van der Waals surface area contributed by atoms with Crippen LogP contribution in [0.15, 0.2) is 61.4 Å². The van der Waals surface area contributed by atoms with Crippen LogP contribution in [0.3, 0.4) is 0 Å². The Hall–Kier alpha value is -2.75. The van der Waals surface area contributed by atoms with Crippen LogP contribution in [0.1, 0.15) is 46.7 Å². The second-order valence-corrected chi connectivity index (χ2v) is 7.20. The van der Waals surface area contributed by atoms with Gasteiger partial charge in [-0.2, -0.15) is 0 Å². The van der Waals surface area contributed by atoms with Gasteiger partial charge in [0.25, 0.3) is 0 Å². The first-order valence-electron chi connectivity index (χ1n) is 9.32. The lowest BCUT2D eigenvalue weighted by Gasteiger charge is -2.20. The standard InChI is InChI=1S/C21H27N3O.C2H6/c1-15(14-21(3,4)5)24-17-7-9-18(10-8-17)25-19-11-12-23-20(13-19)16(2)22-6;1-2/h7-13,22,24H,1-2,14H2,3-6H3;1-2H3. The number of rotatable bonds is 7. The summed E-state index contributed by atoms with van der Waals surface area (Å²) >= 11 is 0. The minimum Gasteiger partial charge on any atom is -0.457 e. The number of anilines is 1. The molecule has 0 fully saturated rings. The lowest BCUT2D eigenvalue weighted by molar-refractivity contribution is 0.411. The fourth-order valence-electron chi connectivity index (χ4n) is 2.40. The van der Waals surface area contributed by atoms with E-state index in [4.69, 9.17) is 4.74 Å². The number of ether oxygens (including phenoxy) is 1. The van der Waals surface area contributed by atoms with Crippen LogP contribution in [0.2, 0.25) is 0 Å². The van der Waals surface area contributed by atoms with Crippen molar-refractivity contribution in [3.63, 3.8) is 0 Å². The van der Waals surface area contributed by atoms with Gasteiger partial charge in [0.15, 0.2) is 0 Å². The van der Waals surface area contributed by atoms with E-state index in [0.29, 0.717) is 0 Å². The number of benzene rings is 1. The molecule has 0 saturated carbocycles. The molecule has 0 atom stereocenters. The van der Waals surface area contributed by atoms with Gasteiger partial charge in [-0.25, -0.2) is 0 Å². The molecule has 2 rings (SSSR count). The fourth-order valence-corrected chi connectivity index (χ4v) is 2.40. The number of hydrogen-bond acceptors (Lipinski definition) is 4. The molecule has 0 bridgehead atoms. The molecule has 0 radical (unpaired) electrons. The van der Waals surface area contributed by atoms with E-state index in [-0.39, 0.29) is 5.41 Å². The van der Waals surface area contributed by atoms with Gasteiger partial charge >= 0.3 is 0 Å². The molecule has 1 aromatic heterocycles. The summed E-state index contributed by atoms with van der Waals surface area (Å²) in [5.74, 6) is 1.48. The topological polar surface area (TPSA) is 46.2 Å². The van der Waals surface area contributed by atoms with Gasteiger partial charge < -0.3 is 15.4 Å². The van der Waals surface area contributed by atoms with Crippen molar-refractivity contribution >= 4 is 11.4 Å². The van der Waals surface area contributed by atoms with Gasteiger partial charge in [0.05, 0.1) is 11.4 Å². The zero-order chi connectivity index (χ0) is 20.4. The van der Waals surface area contributed by atoms with Crippen molar-refractivity contribution in [2.45, 2.75) is 41.0 Å². The van der Waals surface area contributed by atoms with Crippen LogP contribution in [0.5, 0.6) is 11.5 Å². The highest BCUT2D eigenvalue weighted by molar-refractivity contribution is 5.59. The third-order valence-electron chi connectivity index (χ3n) is 3.50. The highest BCUT2D eigenvalue weighted by atomic mass is 16.5. The molecule has 4 heteroatoms. The van der Waals surface area contributed by atoms with Crippen molar-refractivity contribution in [2.24, 2.45) is 5.41 Å². The zero-order valence-electron chi connectivity index (χ0n) is 17.5. The summed E-state index contributed by atoms with van der Waals surface area (Å²) in [6.45, 7) is 18.6. The molecule has 1 aromatic carbocycles. The van der Waals surface area contributed by atoms with Gasteiger partial charge in [0.2, 0.25) is 0 Å². The van der Waals surface area contributed by atoms with E-state index in [2.05, 4.69) is 49.5 Å². The molecule has 2 aromatic rings. The van der Waals surface area contributed by atoms with E-state index in [1.54, 1.807) is 6.20 Å². The van der Waals surface area contributed by atoms with Crippen molar-refractivity contribution < 1.29 is 4.74 Å². The van der Waals surface area contributed by atoms with Gasteiger partial charge in [-0.05, 0) is 42.2 Å². The summed E-state index contributed by atoms with van der Waals surface area (Å²) in [6.07, 6.45) is 2.62. The van der Waals surface area contributed by atoms with Gasteiger partial charge in [0.1, 0.15) is 11.5 Å². The van der Waals surface area contributed by atoms with Crippen molar-refractivity contribution in [2.75, 3.05) is 12.4 Å². The van der Waals surface area contributed by atoms with E-state index in [1.165, 1.54) is 0 Å². The third-order valence-corrected chi connectivity index (χ3v) is 3.50. The first kappa shape index (κ1) is 22.3. The molecular weight excluding hydrogens is 334 g/mol. The Kier molecular flexibility index (Phi) is 8.60. The van der Waals surface area contributed by atoms with Crippen LogP contribution < -0.4 is 15.4 Å². The Labute approximate surface area is 164 Å². The normalized spacial score (nSPS) is 10.3. The molecule has 0 spiro atoms. The molecule has 0 aliphatic carbocycles. The van der Waals surface area contributed by atoms with Gasteiger partial charge in [-0.15, -0.1) is 0 Å². The summed E-state index contributed by atoms with van der Waals surface area (Å²) in [5.41, 5.74) is 3.73. The Morgan fingerprint density at radius 3 is 2.22 bits per heavy atom. The number of nitrogens with one attached hydrogen (secondary N) is 2. The maximum atomic E-state index is 5.90. The lowest BCUT2D eigenvalue weighted by atomic mass is 9.91. The SMILES string of the molecule is C=C(CC(C)(C)C)Nc1ccc(Oc2ccnc(C(=C)NC)c2)cc1.CC. The molecule has 4 nitrogen and oxygen atoms in total. The van der Waals surface area contributed by atoms with Crippen molar-refractivity contribution in [3.8, 4) is 11.5 Å². The van der Waals surface area contributed by atoms with E-state index >= 15 is 0 Å². The van der Waals surface area contributed by atoms with Crippen LogP contribution in [0.25, 0.3) is 5.70 Å².